The van der Waals surface area contributed by atoms with Gasteiger partial charge in [0, 0.05) is 17.9 Å². The monoisotopic (exact) mass is 522 g/mol. The summed E-state index contributed by atoms with van der Waals surface area (Å²) in [6, 6.07) is 2.07. The van der Waals surface area contributed by atoms with E-state index in [9.17, 15) is 19.6 Å². The molecule has 4 aliphatic carbocycles. The van der Waals surface area contributed by atoms with Crippen LogP contribution in [0.1, 0.15) is 99.8 Å². The van der Waals surface area contributed by atoms with Gasteiger partial charge < -0.3 is 10.1 Å². The Labute approximate surface area is 228 Å². The first-order chi connectivity index (χ1) is 17.5. The zero-order chi connectivity index (χ0) is 28.1. The maximum atomic E-state index is 13.9. The van der Waals surface area contributed by atoms with Gasteiger partial charge in [-0.05, 0) is 84.4 Å². The van der Waals surface area contributed by atoms with Gasteiger partial charge in [0.15, 0.2) is 5.78 Å². The number of nitriles is 1. The zero-order valence-electron chi connectivity index (χ0n) is 24.6. The number of carbonyl (C=O) groups is 3. The number of nitrogens with zero attached hydrogens (tertiary/aromatic N) is 1. The molecular weight excluding hydrogens is 476 g/mol. The highest BCUT2D eigenvalue weighted by Gasteiger charge is 2.71. The largest absolute Gasteiger partial charge is 0.469 e. The molecule has 1 amide bonds. The molecule has 2 unspecified atom stereocenters. The second kappa shape index (κ2) is 8.18. The summed E-state index contributed by atoms with van der Waals surface area (Å²) in [5, 5.41) is 13.4. The van der Waals surface area contributed by atoms with Crippen molar-refractivity contribution in [2.75, 3.05) is 7.11 Å². The fraction of sp³-hybridized carbons (Fsp3) is 0.812. The van der Waals surface area contributed by atoms with E-state index in [1.54, 1.807) is 0 Å². The first-order valence-corrected chi connectivity index (χ1v) is 14.6. The van der Waals surface area contributed by atoms with Crippen molar-refractivity contribution in [3.8, 4) is 6.07 Å². The van der Waals surface area contributed by atoms with Crippen LogP contribution in [0.25, 0.3) is 0 Å². The second-order valence-electron chi connectivity index (χ2n) is 15.4. The number of ketones is 1. The Morgan fingerprint density at radius 3 is 2.26 bits per heavy atom. The van der Waals surface area contributed by atoms with Crippen LogP contribution in [0, 0.1) is 61.6 Å². The zero-order valence-corrected chi connectivity index (χ0v) is 24.6. The molecule has 6 heteroatoms. The summed E-state index contributed by atoms with van der Waals surface area (Å²) in [6.07, 6.45) is 8.38. The number of Topliss-reactive ketones (excluding diaryl/α,β-unsaturated/α-hetero) is 1. The highest BCUT2D eigenvalue weighted by molar-refractivity contribution is 6.04. The average molecular weight is 523 g/mol. The molecule has 208 valence electrons. The standard InChI is InChI=1S/C32H46N2O4/c1-27(2)11-13-32(26(37)38-8)14-12-31(7)24(20(32)17-27)34-23(35)15-22-29(5)16-19(18-33)25(36)28(3,4)21(29)9-10-30(22,31)6/h16,20-22,24H,9-15,17H2,1-8H3,(H,34,35)/t20-,21?,22+,24+,29-,30+,31+,32?/m0/s1. The molecule has 38 heavy (non-hydrogen) atoms. The number of rotatable bonds is 1. The van der Waals surface area contributed by atoms with Crippen molar-refractivity contribution in [1.29, 1.82) is 5.26 Å². The number of ether oxygens (including phenoxy) is 1. The molecule has 0 aromatic heterocycles. The molecule has 0 spiro atoms. The number of allylic oxidation sites excluding steroid dienone is 2. The van der Waals surface area contributed by atoms with Gasteiger partial charge >= 0.3 is 5.97 Å². The Bertz CT molecular complexity index is 1160. The van der Waals surface area contributed by atoms with E-state index in [0.717, 1.165) is 44.9 Å². The number of hydrogen-bond donors (Lipinski definition) is 1. The van der Waals surface area contributed by atoms with Crippen LogP contribution >= 0.6 is 0 Å². The number of hydrogen-bond acceptors (Lipinski definition) is 5. The van der Waals surface area contributed by atoms with Gasteiger partial charge in [0.05, 0.1) is 18.1 Å². The molecule has 1 heterocycles. The molecule has 0 aromatic rings. The lowest BCUT2D eigenvalue weighted by Crippen LogP contribution is -2.68. The molecule has 5 aliphatic rings. The maximum absolute atomic E-state index is 13.9. The van der Waals surface area contributed by atoms with Crippen LogP contribution in [-0.2, 0) is 19.1 Å². The van der Waals surface area contributed by atoms with E-state index >= 15 is 0 Å². The van der Waals surface area contributed by atoms with Gasteiger partial charge in [0.2, 0.25) is 5.91 Å². The third kappa shape index (κ3) is 3.32. The van der Waals surface area contributed by atoms with Crippen LogP contribution in [0.3, 0.4) is 0 Å². The van der Waals surface area contributed by atoms with E-state index in [4.69, 9.17) is 4.74 Å². The van der Waals surface area contributed by atoms with Crippen molar-refractivity contribution in [3.63, 3.8) is 0 Å². The van der Waals surface area contributed by atoms with Gasteiger partial charge in [-0.2, -0.15) is 5.26 Å². The summed E-state index contributed by atoms with van der Waals surface area (Å²) in [4.78, 5) is 40.6. The number of esters is 1. The van der Waals surface area contributed by atoms with E-state index in [1.165, 1.54) is 7.11 Å². The Kier molecular flexibility index (Phi) is 5.90. The minimum atomic E-state index is -0.654. The summed E-state index contributed by atoms with van der Waals surface area (Å²) in [6.45, 7) is 15.5. The predicted molar refractivity (Wildman–Crippen MR) is 144 cm³/mol. The number of amides is 1. The Balaban J connectivity index is 1.67. The van der Waals surface area contributed by atoms with Crippen molar-refractivity contribution < 1.29 is 19.1 Å². The van der Waals surface area contributed by atoms with Gasteiger partial charge in [-0.3, -0.25) is 14.4 Å². The second-order valence-corrected chi connectivity index (χ2v) is 15.4. The molecule has 1 saturated heterocycles. The van der Waals surface area contributed by atoms with Crippen LogP contribution in [0.4, 0.5) is 0 Å². The van der Waals surface area contributed by atoms with E-state index < -0.39 is 16.2 Å². The minimum absolute atomic E-state index is 0.0112. The number of carbonyl (C=O) groups excluding carboxylic acids is 3. The summed E-state index contributed by atoms with van der Waals surface area (Å²) in [7, 11) is 1.50. The SMILES string of the molecule is COC(=O)C12CCC(C)(C)C[C@H]1[C@H]1NC(=O)C[C@@H]3[C@@]4(C)C=C(C#N)C(=O)C(C)(C)C4CC[C@@]3(C)[C@]1(C)CC2. The first kappa shape index (κ1) is 27.4. The van der Waals surface area contributed by atoms with Gasteiger partial charge in [-0.1, -0.05) is 54.5 Å². The lowest BCUT2D eigenvalue weighted by molar-refractivity contribution is -0.194. The fourth-order valence-electron chi connectivity index (χ4n) is 10.6. The summed E-state index contributed by atoms with van der Waals surface area (Å²) < 4.78 is 5.44. The van der Waals surface area contributed by atoms with Crippen LogP contribution in [0.15, 0.2) is 11.6 Å². The van der Waals surface area contributed by atoms with Crippen LogP contribution in [0.2, 0.25) is 0 Å². The van der Waals surface area contributed by atoms with E-state index in [1.807, 2.05) is 19.9 Å². The lowest BCUT2D eigenvalue weighted by Gasteiger charge is -2.68. The van der Waals surface area contributed by atoms with Gasteiger partial charge in [-0.15, -0.1) is 0 Å². The quantitative estimate of drug-likeness (QED) is 0.442. The molecule has 0 bridgehead atoms. The van der Waals surface area contributed by atoms with Crippen molar-refractivity contribution in [2.45, 2.75) is 106 Å². The van der Waals surface area contributed by atoms with Gasteiger partial charge in [0.1, 0.15) is 6.07 Å². The molecule has 4 fully saturated rings. The van der Waals surface area contributed by atoms with Crippen molar-refractivity contribution in [2.24, 2.45) is 50.2 Å². The lowest BCUT2D eigenvalue weighted by atomic mass is 9.36. The van der Waals surface area contributed by atoms with E-state index in [2.05, 4.69) is 46.0 Å². The third-order valence-electron chi connectivity index (χ3n) is 13.0. The highest BCUT2D eigenvalue weighted by atomic mass is 16.5. The molecule has 8 atom stereocenters. The predicted octanol–water partition coefficient (Wildman–Crippen LogP) is 5.76. The normalized spacial score (nSPS) is 47.0. The first-order valence-electron chi connectivity index (χ1n) is 14.6. The molecular formula is C32H46N2O4. The van der Waals surface area contributed by atoms with E-state index in [-0.39, 0.29) is 63.3 Å². The van der Waals surface area contributed by atoms with Crippen LogP contribution in [0.5, 0.6) is 0 Å². The van der Waals surface area contributed by atoms with Crippen molar-refractivity contribution in [3.05, 3.63) is 11.6 Å². The van der Waals surface area contributed by atoms with Crippen LogP contribution < -0.4 is 5.32 Å². The third-order valence-corrected chi connectivity index (χ3v) is 13.0. The molecule has 5 rings (SSSR count). The highest BCUT2D eigenvalue weighted by Crippen LogP contribution is 2.72. The molecule has 3 saturated carbocycles. The smallest absolute Gasteiger partial charge is 0.312 e. The Morgan fingerprint density at radius 2 is 1.63 bits per heavy atom. The topological polar surface area (TPSA) is 96.3 Å². The molecule has 0 radical (unpaired) electrons. The van der Waals surface area contributed by atoms with Gasteiger partial charge in [-0.25, -0.2) is 0 Å². The molecule has 1 N–H and O–H groups in total. The molecule has 6 nitrogen and oxygen atoms in total. The molecule has 0 aromatic carbocycles. The van der Waals surface area contributed by atoms with Gasteiger partial charge in [0.25, 0.3) is 0 Å². The fourth-order valence-corrected chi connectivity index (χ4v) is 10.6. The number of methoxy groups -OCH3 is 1. The van der Waals surface area contributed by atoms with E-state index in [0.29, 0.717) is 6.42 Å². The minimum Gasteiger partial charge on any atom is -0.469 e. The number of fused-ring (bicyclic) bond motifs is 7. The Morgan fingerprint density at radius 1 is 0.974 bits per heavy atom. The van der Waals surface area contributed by atoms with Crippen LogP contribution in [-0.4, -0.2) is 30.8 Å². The van der Waals surface area contributed by atoms with Crippen molar-refractivity contribution in [1.82, 2.24) is 5.32 Å². The molecule has 1 aliphatic heterocycles. The average Bonchev–Trinajstić information content (AvgIpc) is 2.93. The Hall–Kier alpha value is -2.16. The maximum Gasteiger partial charge on any atom is 0.312 e. The van der Waals surface area contributed by atoms with Crippen molar-refractivity contribution >= 4 is 17.7 Å². The number of nitrogens with one attached hydrogen (secondary N) is 1. The summed E-state index contributed by atoms with van der Waals surface area (Å²) in [5.74, 6) is -0.0958. The summed E-state index contributed by atoms with van der Waals surface area (Å²) >= 11 is 0. The summed E-state index contributed by atoms with van der Waals surface area (Å²) in [5.41, 5.74) is -1.79.